The molecule has 1 fully saturated rings. The van der Waals surface area contributed by atoms with Crippen LogP contribution in [-0.2, 0) is 5.60 Å². The van der Waals surface area contributed by atoms with Gasteiger partial charge in [-0.1, -0.05) is 13.0 Å². The average Bonchev–Trinajstić information content (AvgIpc) is 2.48. The van der Waals surface area contributed by atoms with Crippen molar-refractivity contribution in [2.45, 2.75) is 38.7 Å². The maximum Gasteiger partial charge on any atom is 0.411 e. The van der Waals surface area contributed by atoms with Gasteiger partial charge in [0.2, 0.25) is 0 Å². The molecule has 2 rings (SSSR count). The Kier molecular flexibility index (Phi) is 5.34. The number of anilines is 1. The van der Waals surface area contributed by atoms with E-state index in [-0.39, 0.29) is 11.1 Å². The van der Waals surface area contributed by atoms with E-state index in [0.29, 0.717) is 31.5 Å². The van der Waals surface area contributed by atoms with Gasteiger partial charge in [0.05, 0.1) is 11.3 Å². The van der Waals surface area contributed by atoms with Crippen LogP contribution >= 0.6 is 11.8 Å². The number of amides is 1. The van der Waals surface area contributed by atoms with Crippen molar-refractivity contribution in [1.82, 2.24) is 0 Å². The molecular formula is C16H22FNO3S. The van der Waals surface area contributed by atoms with Gasteiger partial charge in [0, 0.05) is 17.7 Å². The lowest BCUT2D eigenvalue weighted by Gasteiger charge is -2.33. The van der Waals surface area contributed by atoms with Crippen molar-refractivity contribution >= 4 is 23.5 Å². The summed E-state index contributed by atoms with van der Waals surface area (Å²) in [5.74, 6) is 1.11. The van der Waals surface area contributed by atoms with Gasteiger partial charge in [0.15, 0.2) is 0 Å². The van der Waals surface area contributed by atoms with Gasteiger partial charge in [-0.3, -0.25) is 4.90 Å². The predicted octanol–water partition coefficient (Wildman–Crippen LogP) is 3.74. The molecule has 6 heteroatoms. The summed E-state index contributed by atoms with van der Waals surface area (Å²) in [4.78, 5) is 12.5. The zero-order chi connectivity index (χ0) is 16.3. The number of aliphatic hydroxyl groups is 1. The van der Waals surface area contributed by atoms with Crippen molar-refractivity contribution in [3.05, 3.63) is 29.1 Å². The highest BCUT2D eigenvalue weighted by atomic mass is 32.2. The number of thioether (sulfide) groups is 1. The van der Waals surface area contributed by atoms with Crippen LogP contribution in [0.2, 0.25) is 0 Å². The van der Waals surface area contributed by atoms with E-state index in [1.807, 2.05) is 6.92 Å². The summed E-state index contributed by atoms with van der Waals surface area (Å²) >= 11 is 1.75. The Labute approximate surface area is 134 Å². The Morgan fingerprint density at radius 1 is 1.41 bits per heavy atom. The first kappa shape index (κ1) is 17.1. The first-order valence-electron chi connectivity index (χ1n) is 7.51. The van der Waals surface area contributed by atoms with Gasteiger partial charge in [-0.25, -0.2) is 9.18 Å². The molecule has 0 spiro atoms. The number of carbonyl (C=O) groups is 1. The number of hydrogen-bond acceptors (Lipinski definition) is 3. The van der Waals surface area contributed by atoms with Gasteiger partial charge >= 0.3 is 6.09 Å². The minimum absolute atomic E-state index is 0.278. The number of nitrogens with zero attached hydrogens (tertiary/aromatic N) is 1. The van der Waals surface area contributed by atoms with Gasteiger partial charge in [-0.2, -0.15) is 11.8 Å². The van der Waals surface area contributed by atoms with E-state index in [2.05, 4.69) is 0 Å². The molecule has 1 aliphatic heterocycles. The molecular weight excluding hydrogens is 305 g/mol. The lowest BCUT2D eigenvalue weighted by Crippen LogP contribution is -2.33. The van der Waals surface area contributed by atoms with Crippen molar-refractivity contribution in [3.63, 3.8) is 0 Å². The molecule has 1 aromatic rings. The largest absolute Gasteiger partial charge is 0.465 e. The minimum Gasteiger partial charge on any atom is -0.465 e. The molecule has 1 aliphatic rings. The number of hydrogen-bond donors (Lipinski definition) is 2. The fourth-order valence-corrected chi connectivity index (χ4v) is 4.02. The molecule has 122 valence electrons. The van der Waals surface area contributed by atoms with Crippen LogP contribution in [0, 0.1) is 12.7 Å². The highest BCUT2D eigenvalue weighted by Gasteiger charge is 2.35. The minimum atomic E-state index is -1.14. The summed E-state index contributed by atoms with van der Waals surface area (Å²) in [6.45, 7) is 3.76. The molecule has 0 unspecified atom stereocenters. The third kappa shape index (κ3) is 3.22. The third-order valence-corrected chi connectivity index (χ3v) is 5.13. The quantitative estimate of drug-likeness (QED) is 0.884. The molecule has 0 aromatic heterocycles. The van der Waals surface area contributed by atoms with E-state index < -0.39 is 17.5 Å². The predicted molar refractivity (Wildman–Crippen MR) is 87.3 cm³/mol. The molecule has 1 amide bonds. The van der Waals surface area contributed by atoms with Crippen molar-refractivity contribution in [2.24, 2.45) is 0 Å². The first-order chi connectivity index (χ1) is 10.4. The molecule has 1 aromatic carbocycles. The summed E-state index contributed by atoms with van der Waals surface area (Å²) in [5.41, 5.74) is -0.225. The summed E-state index contributed by atoms with van der Waals surface area (Å²) in [6, 6.07) is 3.15. The highest BCUT2D eigenvalue weighted by Crippen LogP contribution is 2.39. The average molecular weight is 327 g/mol. The van der Waals surface area contributed by atoms with Gasteiger partial charge < -0.3 is 10.2 Å². The molecule has 0 saturated carbocycles. The summed E-state index contributed by atoms with van der Waals surface area (Å²) < 4.78 is 14.8. The molecule has 0 atom stereocenters. The summed E-state index contributed by atoms with van der Waals surface area (Å²) in [6.07, 6.45) is 0.594. The lowest BCUT2D eigenvalue weighted by molar-refractivity contribution is 0.0245. The highest BCUT2D eigenvalue weighted by molar-refractivity contribution is 7.99. The Morgan fingerprint density at radius 2 is 2.05 bits per heavy atom. The molecule has 2 N–H and O–H groups in total. The van der Waals surface area contributed by atoms with E-state index in [1.54, 1.807) is 30.8 Å². The first-order valence-corrected chi connectivity index (χ1v) is 8.66. The van der Waals surface area contributed by atoms with Gasteiger partial charge in [0.25, 0.3) is 0 Å². The zero-order valence-corrected chi connectivity index (χ0v) is 13.7. The second-order valence-corrected chi connectivity index (χ2v) is 6.87. The molecule has 0 aliphatic carbocycles. The molecule has 4 nitrogen and oxygen atoms in total. The Bertz CT molecular complexity index is 559. The van der Waals surface area contributed by atoms with E-state index in [9.17, 15) is 19.4 Å². The van der Waals surface area contributed by atoms with Crippen LogP contribution in [-0.4, -0.2) is 34.4 Å². The number of carboxylic acid groups (broad SMARTS) is 1. The number of halogens is 1. The van der Waals surface area contributed by atoms with Gasteiger partial charge in [-0.15, -0.1) is 0 Å². The van der Waals surface area contributed by atoms with E-state index in [0.717, 1.165) is 16.4 Å². The van der Waals surface area contributed by atoms with E-state index in [1.165, 1.54) is 0 Å². The summed E-state index contributed by atoms with van der Waals surface area (Å²) in [5, 5.41) is 20.0. The smallest absolute Gasteiger partial charge is 0.411 e. The van der Waals surface area contributed by atoms with Gasteiger partial charge in [-0.05, 0) is 43.8 Å². The van der Waals surface area contributed by atoms with Crippen molar-refractivity contribution in [1.29, 1.82) is 0 Å². The van der Waals surface area contributed by atoms with Crippen LogP contribution in [0.1, 0.15) is 37.3 Å². The third-order valence-electron chi connectivity index (χ3n) is 4.15. The monoisotopic (exact) mass is 327 g/mol. The fourth-order valence-electron chi connectivity index (χ4n) is 2.85. The van der Waals surface area contributed by atoms with Crippen LogP contribution in [0.15, 0.2) is 12.1 Å². The fraction of sp³-hybridized carbons (Fsp3) is 0.562. The van der Waals surface area contributed by atoms with E-state index in [4.69, 9.17) is 0 Å². The van der Waals surface area contributed by atoms with Crippen LogP contribution in [0.25, 0.3) is 0 Å². The molecule has 1 heterocycles. The Hall–Kier alpha value is -1.27. The molecule has 0 radical (unpaired) electrons. The van der Waals surface area contributed by atoms with Crippen LogP contribution in [0.5, 0.6) is 0 Å². The molecule has 1 saturated heterocycles. The van der Waals surface area contributed by atoms with Crippen molar-refractivity contribution in [2.75, 3.05) is 23.0 Å². The molecule has 22 heavy (non-hydrogen) atoms. The van der Waals surface area contributed by atoms with Crippen LogP contribution in [0.3, 0.4) is 0 Å². The SMILES string of the molecule is CCCN(C(=O)O)c1ccc(C2(O)CCSCC2)c(F)c1C. The summed E-state index contributed by atoms with van der Waals surface area (Å²) in [7, 11) is 0. The van der Waals surface area contributed by atoms with Gasteiger partial charge in [0.1, 0.15) is 5.82 Å². The second-order valence-electron chi connectivity index (χ2n) is 5.65. The number of rotatable bonds is 4. The number of benzene rings is 1. The van der Waals surface area contributed by atoms with E-state index >= 15 is 0 Å². The lowest BCUT2D eigenvalue weighted by atomic mass is 9.86. The molecule has 0 bridgehead atoms. The van der Waals surface area contributed by atoms with Crippen molar-refractivity contribution < 1.29 is 19.4 Å². The zero-order valence-electron chi connectivity index (χ0n) is 12.9. The maximum atomic E-state index is 14.8. The van der Waals surface area contributed by atoms with Crippen molar-refractivity contribution in [3.8, 4) is 0 Å². The standard InChI is InChI=1S/C16H22FNO3S/c1-3-8-18(15(19)20)13-5-4-12(14(17)11(13)2)16(21)6-9-22-10-7-16/h4-5,21H,3,6-10H2,1-2H3,(H,19,20). The topological polar surface area (TPSA) is 60.8 Å². The Balaban J connectivity index is 2.42. The van der Waals surface area contributed by atoms with Crippen LogP contribution < -0.4 is 4.90 Å². The second kappa shape index (κ2) is 6.87. The normalized spacial score (nSPS) is 17.3. The van der Waals surface area contributed by atoms with Crippen LogP contribution in [0.4, 0.5) is 14.9 Å². The Morgan fingerprint density at radius 3 is 2.59 bits per heavy atom. The maximum absolute atomic E-state index is 14.8.